The number of pyridine rings is 1. The predicted octanol–water partition coefficient (Wildman–Crippen LogP) is 3.53. The fourth-order valence-electron chi connectivity index (χ4n) is 0.613. The van der Waals surface area contributed by atoms with Crippen LogP contribution < -0.4 is 0 Å². The maximum atomic E-state index is 12.7. The lowest BCUT2D eigenvalue weighted by atomic mass is 10.3. The minimum absolute atomic E-state index is 0.328. The molecule has 0 bridgehead atoms. The number of nitrogens with zero attached hydrogens (tertiary/aromatic N) is 1. The van der Waals surface area contributed by atoms with Gasteiger partial charge in [0, 0.05) is 0 Å². The Labute approximate surface area is 88.6 Å². The third kappa shape index (κ3) is 2.09. The summed E-state index contributed by atoms with van der Waals surface area (Å²) < 4.78 is 37.4. The average Bonchev–Trinajstić information content (AvgIpc) is 1.96. The van der Waals surface area contributed by atoms with Crippen LogP contribution >= 0.6 is 38.5 Å². The van der Waals surface area contributed by atoms with E-state index in [2.05, 4.69) is 20.9 Å². The molecule has 1 nitrogen and oxygen atoms in total. The summed E-state index contributed by atoms with van der Waals surface area (Å²) in [5.74, 6) is -1.11. The van der Waals surface area contributed by atoms with E-state index in [0.717, 1.165) is 6.07 Å². The first kappa shape index (κ1) is 10.2. The van der Waals surface area contributed by atoms with Gasteiger partial charge < -0.3 is 0 Å². The number of hydrogen-bond donors (Lipinski definition) is 0. The number of alkyl halides is 2. The molecule has 0 aliphatic carbocycles. The van der Waals surface area contributed by atoms with Gasteiger partial charge in [-0.3, -0.25) is 0 Å². The van der Waals surface area contributed by atoms with Gasteiger partial charge in [0.2, 0.25) is 5.95 Å². The van der Waals surface area contributed by atoms with E-state index in [0.29, 0.717) is 8.17 Å². The minimum Gasteiger partial charge on any atom is -0.212 e. The summed E-state index contributed by atoms with van der Waals surface area (Å²) in [6.45, 7) is 0. The molecule has 0 aliphatic rings. The molecule has 0 amide bonds. The third-order valence-electron chi connectivity index (χ3n) is 1.15. The number of aromatic nitrogens is 1. The van der Waals surface area contributed by atoms with Gasteiger partial charge in [0.25, 0.3) is 6.43 Å². The molecule has 66 valence electrons. The lowest BCUT2D eigenvalue weighted by Crippen LogP contribution is -1.97. The van der Waals surface area contributed by atoms with Gasteiger partial charge in [-0.25, -0.2) is 13.8 Å². The van der Waals surface area contributed by atoms with Crippen LogP contribution in [0.2, 0.25) is 0 Å². The quantitative estimate of drug-likeness (QED) is 0.557. The third-order valence-corrected chi connectivity index (χ3v) is 3.32. The smallest absolute Gasteiger partial charge is 0.212 e. The summed E-state index contributed by atoms with van der Waals surface area (Å²) in [4.78, 5) is 3.29. The number of rotatable bonds is 1. The van der Waals surface area contributed by atoms with Gasteiger partial charge in [-0.05, 0) is 44.6 Å². The molecule has 0 saturated heterocycles. The Morgan fingerprint density at radius 2 is 2.08 bits per heavy atom. The molecule has 0 fully saturated rings. The molecule has 1 rings (SSSR count). The normalized spacial score (nSPS) is 10.8. The molecule has 0 saturated carbocycles. The Kier molecular flexibility index (Phi) is 3.33. The second-order valence-corrected chi connectivity index (χ2v) is 3.82. The second-order valence-electron chi connectivity index (χ2n) is 1.94. The molecule has 0 aliphatic heterocycles. The molecule has 6 heteroatoms. The maximum absolute atomic E-state index is 12.7. The Morgan fingerprint density at radius 1 is 1.50 bits per heavy atom. The van der Waals surface area contributed by atoms with Crippen molar-refractivity contribution in [2.75, 3.05) is 0 Å². The Morgan fingerprint density at radius 3 is 2.58 bits per heavy atom. The predicted molar refractivity (Wildman–Crippen MR) is 49.6 cm³/mol. The minimum atomic E-state index is -2.83. The fourth-order valence-corrected chi connectivity index (χ4v) is 1.32. The molecule has 0 radical (unpaired) electrons. The highest BCUT2D eigenvalue weighted by molar-refractivity contribution is 14.1. The highest BCUT2D eigenvalue weighted by Gasteiger charge is 2.16. The summed E-state index contributed by atoms with van der Waals surface area (Å²) in [5, 5.41) is 0. The zero-order valence-electron chi connectivity index (χ0n) is 5.49. The largest absolute Gasteiger partial charge is 0.268 e. The van der Waals surface area contributed by atoms with Crippen molar-refractivity contribution in [2.24, 2.45) is 0 Å². The van der Waals surface area contributed by atoms with Gasteiger partial charge in [-0.15, -0.1) is 0 Å². The monoisotopic (exact) mass is 351 g/mol. The van der Waals surface area contributed by atoms with Crippen molar-refractivity contribution in [1.29, 1.82) is 0 Å². The molecule has 0 spiro atoms. The van der Waals surface area contributed by atoms with Crippen LogP contribution in [0.1, 0.15) is 12.0 Å². The first-order chi connectivity index (χ1) is 5.52. The number of halogens is 5. The fraction of sp³-hybridized carbons (Fsp3) is 0.167. The van der Waals surface area contributed by atoms with Crippen molar-refractivity contribution in [2.45, 2.75) is 6.43 Å². The van der Waals surface area contributed by atoms with Crippen molar-refractivity contribution >= 4 is 38.5 Å². The highest BCUT2D eigenvalue weighted by Crippen LogP contribution is 2.26. The second kappa shape index (κ2) is 3.91. The molecule has 1 aromatic heterocycles. The van der Waals surface area contributed by atoms with E-state index < -0.39 is 17.9 Å². The van der Waals surface area contributed by atoms with Crippen molar-refractivity contribution < 1.29 is 13.2 Å². The van der Waals surface area contributed by atoms with E-state index in [9.17, 15) is 13.2 Å². The highest BCUT2D eigenvalue weighted by atomic mass is 127. The van der Waals surface area contributed by atoms with Crippen LogP contribution in [0.3, 0.4) is 0 Å². The molecule has 1 aromatic rings. The van der Waals surface area contributed by atoms with E-state index in [4.69, 9.17) is 0 Å². The van der Waals surface area contributed by atoms with E-state index in [1.807, 2.05) is 0 Å². The molecule has 0 atom stereocenters. The van der Waals surface area contributed by atoms with Crippen LogP contribution in [0.15, 0.2) is 10.5 Å². The summed E-state index contributed by atoms with van der Waals surface area (Å²) in [6.07, 6.45) is -2.83. The first-order valence-corrected chi connectivity index (χ1v) is 4.69. The average molecular weight is 352 g/mol. The van der Waals surface area contributed by atoms with Crippen LogP contribution in [-0.2, 0) is 0 Å². The number of hydrogen-bond acceptors (Lipinski definition) is 1. The summed E-state index contributed by atoms with van der Waals surface area (Å²) in [7, 11) is 0. The van der Waals surface area contributed by atoms with Crippen molar-refractivity contribution in [1.82, 2.24) is 4.98 Å². The molecular formula is C6H2BrF3IN. The summed E-state index contributed by atoms with van der Waals surface area (Å²) >= 11 is 4.73. The molecule has 12 heavy (non-hydrogen) atoms. The van der Waals surface area contributed by atoms with Crippen molar-refractivity contribution in [3.63, 3.8) is 0 Å². The molecule has 0 aromatic carbocycles. The Balaban J connectivity index is 3.23. The first-order valence-electron chi connectivity index (χ1n) is 2.82. The van der Waals surface area contributed by atoms with Crippen LogP contribution in [0.4, 0.5) is 13.2 Å². The van der Waals surface area contributed by atoms with Gasteiger partial charge in [0.15, 0.2) is 0 Å². The topological polar surface area (TPSA) is 12.9 Å². The zero-order chi connectivity index (χ0) is 9.30. The lowest BCUT2D eigenvalue weighted by molar-refractivity contribution is 0.145. The van der Waals surface area contributed by atoms with Crippen molar-refractivity contribution in [3.8, 4) is 0 Å². The molecule has 0 unspecified atom stereocenters. The van der Waals surface area contributed by atoms with Gasteiger partial charge >= 0.3 is 0 Å². The SMILES string of the molecule is Fc1nc(I)c(Br)cc1C(F)F. The molecule has 1 heterocycles. The van der Waals surface area contributed by atoms with Crippen LogP contribution in [-0.4, -0.2) is 4.98 Å². The Bertz CT molecular complexity index is 305. The standard InChI is InChI=1S/C6H2BrF3IN/c7-3-1-2(4(8)9)5(10)12-6(3)11/h1,4H. The van der Waals surface area contributed by atoms with E-state index >= 15 is 0 Å². The lowest BCUT2D eigenvalue weighted by Gasteiger charge is -2.02. The van der Waals surface area contributed by atoms with Gasteiger partial charge in [-0.2, -0.15) is 4.39 Å². The molecule has 0 N–H and O–H groups in total. The summed E-state index contributed by atoms with van der Waals surface area (Å²) in [6, 6.07) is 1.04. The summed E-state index contributed by atoms with van der Waals surface area (Å²) in [5.41, 5.74) is -0.678. The molecular weight excluding hydrogens is 350 g/mol. The van der Waals surface area contributed by atoms with Crippen LogP contribution in [0, 0.1) is 9.65 Å². The zero-order valence-corrected chi connectivity index (χ0v) is 9.24. The van der Waals surface area contributed by atoms with Gasteiger partial charge in [-0.1, -0.05) is 0 Å². The van der Waals surface area contributed by atoms with E-state index in [-0.39, 0.29) is 0 Å². The van der Waals surface area contributed by atoms with Crippen LogP contribution in [0.25, 0.3) is 0 Å². The van der Waals surface area contributed by atoms with Crippen LogP contribution in [0.5, 0.6) is 0 Å². The van der Waals surface area contributed by atoms with Gasteiger partial charge in [0.05, 0.1) is 10.0 Å². The van der Waals surface area contributed by atoms with Crippen molar-refractivity contribution in [3.05, 3.63) is 25.8 Å². The van der Waals surface area contributed by atoms with Gasteiger partial charge in [0.1, 0.15) is 3.70 Å². The maximum Gasteiger partial charge on any atom is 0.268 e. The van der Waals surface area contributed by atoms with E-state index in [1.165, 1.54) is 0 Å². The Hall–Kier alpha value is 0.150. The van der Waals surface area contributed by atoms with E-state index in [1.54, 1.807) is 22.6 Å².